The second-order valence-corrected chi connectivity index (χ2v) is 8.17. The van der Waals surface area contributed by atoms with Crippen molar-refractivity contribution in [3.05, 3.63) is 64.7 Å². The molecule has 0 saturated heterocycles. The van der Waals surface area contributed by atoms with Crippen molar-refractivity contribution in [3.8, 4) is 5.75 Å². The molecule has 0 radical (unpaired) electrons. The third-order valence-electron chi connectivity index (χ3n) is 4.98. The van der Waals surface area contributed by atoms with Crippen LogP contribution in [0.5, 0.6) is 5.75 Å². The average Bonchev–Trinajstić information content (AvgIpc) is 2.72. The lowest BCUT2D eigenvalue weighted by molar-refractivity contribution is -0.126. The molecule has 1 amide bonds. The number of carbonyl (C=O) groups excluding carboxylic acids is 2. The molecule has 0 unspecified atom stereocenters. The number of hydrazine groups is 1. The number of rotatable bonds is 7. The Labute approximate surface area is 183 Å². The molecule has 2 aromatic rings. The van der Waals surface area contributed by atoms with Crippen LogP contribution in [-0.4, -0.2) is 42.8 Å². The molecule has 170 valence electrons. The van der Waals surface area contributed by atoms with Crippen LogP contribution in [0.3, 0.4) is 0 Å². The van der Waals surface area contributed by atoms with Gasteiger partial charge in [0.25, 0.3) is 5.91 Å². The van der Waals surface area contributed by atoms with Crippen molar-refractivity contribution in [3.63, 3.8) is 0 Å². The molecule has 0 spiro atoms. The molecular formula is C23H24F3N3O3. The van der Waals surface area contributed by atoms with Gasteiger partial charge in [0.05, 0.1) is 24.8 Å². The van der Waals surface area contributed by atoms with E-state index in [0.29, 0.717) is 17.0 Å². The molecule has 0 saturated carbocycles. The van der Waals surface area contributed by atoms with Crippen LogP contribution in [0.1, 0.15) is 52.1 Å². The number of ether oxygens (including phenoxy) is 1. The minimum Gasteiger partial charge on any atom is -0.497 e. The number of Topliss-reactive ketones (excluding diaryl/α,β-unsaturated/α-hetero) is 1. The molecule has 2 aromatic carbocycles. The summed E-state index contributed by atoms with van der Waals surface area (Å²) in [6, 6.07) is 11.5. The maximum absolute atomic E-state index is 12.9. The predicted molar refractivity (Wildman–Crippen MR) is 114 cm³/mol. The molecule has 0 bridgehead atoms. The number of nitrogens with one attached hydrogen (secondary N) is 2. The normalized spacial score (nSPS) is 14.9. The van der Waals surface area contributed by atoms with Crippen molar-refractivity contribution in [2.45, 2.75) is 38.4 Å². The van der Waals surface area contributed by atoms with E-state index in [-0.39, 0.29) is 23.3 Å². The lowest BCUT2D eigenvalue weighted by Crippen LogP contribution is -2.42. The Morgan fingerprint density at radius 2 is 1.75 bits per heavy atom. The molecule has 3 rings (SSSR count). The van der Waals surface area contributed by atoms with E-state index < -0.39 is 18.6 Å². The molecule has 6 nitrogen and oxygen atoms in total. The lowest BCUT2D eigenvalue weighted by Gasteiger charge is -2.29. The highest BCUT2D eigenvalue weighted by atomic mass is 19.4. The van der Waals surface area contributed by atoms with Crippen LogP contribution in [0, 0.1) is 0 Å². The second kappa shape index (κ2) is 9.12. The first-order valence-corrected chi connectivity index (χ1v) is 9.97. The zero-order chi connectivity index (χ0) is 23.5. The SMILES string of the molecule is COc1ccc2c(c1)C(CC(=O)c1ccc(C(=O)NNCC(F)(F)F)cc1)=NC(C)(C)C2. The smallest absolute Gasteiger partial charge is 0.402 e. The van der Waals surface area contributed by atoms with E-state index in [0.717, 1.165) is 17.5 Å². The van der Waals surface area contributed by atoms with Crippen LogP contribution in [-0.2, 0) is 6.42 Å². The third kappa shape index (κ3) is 5.94. The number of halogens is 3. The van der Waals surface area contributed by atoms with E-state index in [4.69, 9.17) is 9.73 Å². The van der Waals surface area contributed by atoms with Crippen molar-refractivity contribution in [1.29, 1.82) is 0 Å². The van der Waals surface area contributed by atoms with Crippen LogP contribution in [0.4, 0.5) is 13.2 Å². The summed E-state index contributed by atoms with van der Waals surface area (Å²) in [5.41, 5.74) is 6.59. The predicted octanol–water partition coefficient (Wildman–Crippen LogP) is 3.89. The lowest BCUT2D eigenvalue weighted by atomic mass is 9.85. The van der Waals surface area contributed by atoms with Gasteiger partial charge in [-0.15, -0.1) is 0 Å². The number of hydrogen-bond donors (Lipinski definition) is 2. The van der Waals surface area contributed by atoms with Crippen LogP contribution < -0.4 is 15.6 Å². The van der Waals surface area contributed by atoms with Crippen molar-refractivity contribution in [2.24, 2.45) is 4.99 Å². The number of amides is 1. The summed E-state index contributed by atoms with van der Waals surface area (Å²) < 4.78 is 41.8. The van der Waals surface area contributed by atoms with Crippen molar-refractivity contribution in [1.82, 2.24) is 10.9 Å². The first kappa shape index (κ1) is 23.5. The standard InChI is InChI=1S/C23H24F3N3O3/c1-22(2)12-16-8-9-17(32-3)10-18(16)19(28-22)11-20(30)14-4-6-15(7-5-14)21(31)29-27-13-23(24,25)26/h4-10,27H,11-13H2,1-3H3,(H,29,31). The topological polar surface area (TPSA) is 79.8 Å². The van der Waals surface area contributed by atoms with Gasteiger partial charge in [0, 0.05) is 16.7 Å². The summed E-state index contributed by atoms with van der Waals surface area (Å²) in [5.74, 6) is -0.233. The summed E-state index contributed by atoms with van der Waals surface area (Å²) in [4.78, 5) is 29.6. The molecule has 1 aliphatic rings. The first-order chi connectivity index (χ1) is 15.0. The average molecular weight is 447 g/mol. The molecule has 32 heavy (non-hydrogen) atoms. The van der Waals surface area contributed by atoms with Gasteiger partial charge in [0.2, 0.25) is 0 Å². The van der Waals surface area contributed by atoms with Crippen molar-refractivity contribution in [2.75, 3.05) is 13.7 Å². The fourth-order valence-electron chi connectivity index (χ4n) is 3.53. The van der Waals surface area contributed by atoms with E-state index >= 15 is 0 Å². The highest BCUT2D eigenvalue weighted by Crippen LogP contribution is 2.31. The van der Waals surface area contributed by atoms with E-state index in [1.165, 1.54) is 24.3 Å². The van der Waals surface area contributed by atoms with Gasteiger partial charge in [-0.3, -0.25) is 20.0 Å². The van der Waals surface area contributed by atoms with E-state index in [2.05, 4.69) is 0 Å². The molecule has 0 atom stereocenters. The highest BCUT2D eigenvalue weighted by Gasteiger charge is 2.29. The number of fused-ring (bicyclic) bond motifs is 1. The van der Waals surface area contributed by atoms with Gasteiger partial charge in [-0.2, -0.15) is 13.2 Å². The van der Waals surface area contributed by atoms with Gasteiger partial charge in [-0.05, 0) is 50.1 Å². The van der Waals surface area contributed by atoms with Crippen LogP contribution in [0.15, 0.2) is 47.5 Å². The Morgan fingerprint density at radius 1 is 1.09 bits per heavy atom. The largest absolute Gasteiger partial charge is 0.497 e. The fraction of sp³-hybridized carbons (Fsp3) is 0.348. The van der Waals surface area contributed by atoms with E-state index in [1.807, 2.05) is 42.9 Å². The van der Waals surface area contributed by atoms with Gasteiger partial charge < -0.3 is 4.74 Å². The van der Waals surface area contributed by atoms with Crippen LogP contribution >= 0.6 is 0 Å². The van der Waals surface area contributed by atoms with E-state index in [1.54, 1.807) is 7.11 Å². The number of alkyl halides is 3. The third-order valence-corrected chi connectivity index (χ3v) is 4.98. The summed E-state index contributed by atoms with van der Waals surface area (Å²) in [6.45, 7) is 2.66. The molecule has 0 aromatic heterocycles. The summed E-state index contributed by atoms with van der Waals surface area (Å²) in [6.07, 6.45) is -3.62. The number of hydrogen-bond acceptors (Lipinski definition) is 5. The number of nitrogens with zero attached hydrogens (tertiary/aromatic N) is 1. The zero-order valence-electron chi connectivity index (χ0n) is 18.0. The maximum atomic E-state index is 12.9. The highest BCUT2D eigenvalue weighted by molar-refractivity contribution is 6.17. The quantitative estimate of drug-likeness (QED) is 0.499. The number of benzene rings is 2. The molecule has 2 N–H and O–H groups in total. The molecule has 1 heterocycles. The van der Waals surface area contributed by atoms with Gasteiger partial charge in [-0.1, -0.05) is 18.2 Å². The Kier molecular flexibility index (Phi) is 6.68. The van der Waals surface area contributed by atoms with Crippen molar-refractivity contribution >= 4 is 17.4 Å². The van der Waals surface area contributed by atoms with Crippen LogP contribution in [0.25, 0.3) is 0 Å². The Morgan fingerprint density at radius 3 is 2.38 bits per heavy atom. The summed E-state index contributed by atoms with van der Waals surface area (Å²) >= 11 is 0. The maximum Gasteiger partial charge on any atom is 0.402 e. The number of aliphatic imine (C=N–C) groups is 1. The number of methoxy groups -OCH3 is 1. The minimum atomic E-state index is -4.44. The van der Waals surface area contributed by atoms with Crippen LogP contribution in [0.2, 0.25) is 0 Å². The number of ketones is 1. The first-order valence-electron chi connectivity index (χ1n) is 9.97. The second-order valence-electron chi connectivity index (χ2n) is 8.17. The summed E-state index contributed by atoms with van der Waals surface area (Å²) in [5, 5.41) is 0. The molecule has 0 aliphatic carbocycles. The van der Waals surface area contributed by atoms with E-state index in [9.17, 15) is 22.8 Å². The molecule has 0 fully saturated rings. The van der Waals surface area contributed by atoms with Gasteiger partial charge in [0.1, 0.15) is 12.3 Å². The number of carbonyl (C=O) groups is 2. The zero-order valence-corrected chi connectivity index (χ0v) is 18.0. The van der Waals surface area contributed by atoms with Crippen molar-refractivity contribution < 1.29 is 27.5 Å². The molecule has 1 aliphatic heterocycles. The Bertz CT molecular complexity index is 1040. The Hall–Kier alpha value is -3.20. The monoisotopic (exact) mass is 447 g/mol. The van der Waals surface area contributed by atoms with Gasteiger partial charge in [0.15, 0.2) is 5.78 Å². The van der Waals surface area contributed by atoms with Gasteiger partial charge >= 0.3 is 6.18 Å². The molecular weight excluding hydrogens is 423 g/mol. The van der Waals surface area contributed by atoms with Gasteiger partial charge in [-0.25, -0.2) is 5.43 Å². The molecule has 9 heteroatoms. The summed E-state index contributed by atoms with van der Waals surface area (Å²) in [7, 11) is 1.58. The fourth-order valence-corrected chi connectivity index (χ4v) is 3.53. The minimum absolute atomic E-state index is 0.0717. The Balaban J connectivity index is 1.72.